The molecular weight excluding hydrogens is 274 g/mol. The molecule has 2 aromatic rings. The molecule has 0 aliphatic rings. The number of benzene rings is 1. The Bertz CT molecular complexity index is 682. The van der Waals surface area contributed by atoms with Crippen LogP contribution >= 0.6 is 0 Å². The van der Waals surface area contributed by atoms with E-state index in [-0.39, 0.29) is 11.6 Å². The smallest absolute Gasteiger partial charge is 0.258 e. The number of rotatable bonds is 5. The lowest BCUT2D eigenvalue weighted by atomic mass is 10.1. The molecule has 0 saturated carbocycles. The second-order valence-corrected chi connectivity index (χ2v) is 6.24. The Labute approximate surface area is 118 Å². The highest BCUT2D eigenvalue weighted by molar-refractivity contribution is 7.89. The van der Waals surface area contributed by atoms with Crippen LogP contribution in [0.15, 0.2) is 47.6 Å². The van der Waals surface area contributed by atoms with E-state index in [1.807, 2.05) is 31.2 Å². The molecule has 0 amide bonds. The van der Waals surface area contributed by atoms with Crippen molar-refractivity contribution in [2.24, 2.45) is 5.73 Å². The fraction of sp³-hybridized carbons (Fsp3) is 0.214. The van der Waals surface area contributed by atoms with Crippen LogP contribution in [0.3, 0.4) is 0 Å². The summed E-state index contributed by atoms with van der Waals surface area (Å²) in [6.45, 7) is 2.54. The van der Waals surface area contributed by atoms with Crippen LogP contribution in [-0.4, -0.2) is 13.4 Å². The van der Waals surface area contributed by atoms with Crippen molar-refractivity contribution < 1.29 is 8.42 Å². The van der Waals surface area contributed by atoms with Gasteiger partial charge in [0.05, 0.1) is 0 Å². The summed E-state index contributed by atoms with van der Waals surface area (Å²) in [4.78, 5) is 3.92. The van der Waals surface area contributed by atoms with Gasteiger partial charge in [0.2, 0.25) is 0 Å². The maximum absolute atomic E-state index is 12.1. The number of nitrogens with two attached hydrogens (primary N) is 1. The summed E-state index contributed by atoms with van der Waals surface area (Å²) in [7, 11) is -3.60. The van der Waals surface area contributed by atoms with Crippen molar-refractivity contribution in [2.75, 3.05) is 0 Å². The van der Waals surface area contributed by atoms with Crippen molar-refractivity contribution in [2.45, 2.75) is 25.0 Å². The highest BCUT2D eigenvalue weighted by Gasteiger charge is 2.14. The minimum atomic E-state index is -3.60. The topological polar surface area (TPSA) is 85.1 Å². The van der Waals surface area contributed by atoms with E-state index in [1.165, 1.54) is 12.3 Å². The number of aryl methyl sites for hydroxylation is 1. The van der Waals surface area contributed by atoms with E-state index in [0.717, 1.165) is 16.7 Å². The highest BCUT2D eigenvalue weighted by atomic mass is 32.2. The summed E-state index contributed by atoms with van der Waals surface area (Å²) in [6, 6.07) is 10.8. The number of nitrogens with zero attached hydrogens (tertiary/aromatic N) is 1. The molecule has 5 nitrogen and oxygen atoms in total. The molecule has 0 fully saturated rings. The van der Waals surface area contributed by atoms with E-state index in [1.54, 1.807) is 6.07 Å². The van der Waals surface area contributed by atoms with Crippen LogP contribution < -0.4 is 10.5 Å². The van der Waals surface area contributed by atoms with Gasteiger partial charge in [0, 0.05) is 19.3 Å². The first-order valence-corrected chi connectivity index (χ1v) is 7.70. The maximum Gasteiger partial charge on any atom is 0.258 e. The minimum Gasteiger partial charge on any atom is -0.326 e. The van der Waals surface area contributed by atoms with E-state index in [2.05, 4.69) is 9.71 Å². The molecule has 0 unspecified atom stereocenters. The molecule has 1 heterocycles. The van der Waals surface area contributed by atoms with Crippen LogP contribution in [0.1, 0.15) is 16.7 Å². The molecule has 0 bridgehead atoms. The van der Waals surface area contributed by atoms with Gasteiger partial charge in [-0.15, -0.1) is 0 Å². The molecule has 2 rings (SSSR count). The Morgan fingerprint density at radius 2 is 2.00 bits per heavy atom. The summed E-state index contributed by atoms with van der Waals surface area (Å²) in [5.41, 5.74) is 8.25. The van der Waals surface area contributed by atoms with Gasteiger partial charge in [0.1, 0.15) is 0 Å². The standard InChI is InChI=1S/C14H17N3O2S/c1-11-3-2-4-12(7-11)10-17-20(18,19)14-6-5-13(8-15)9-16-14/h2-7,9,17H,8,10,15H2,1H3. The van der Waals surface area contributed by atoms with Crippen LogP contribution in [0.25, 0.3) is 0 Å². The van der Waals surface area contributed by atoms with Crippen molar-refractivity contribution in [3.05, 3.63) is 59.3 Å². The van der Waals surface area contributed by atoms with Gasteiger partial charge < -0.3 is 5.73 Å². The number of sulfonamides is 1. The fourth-order valence-corrected chi connectivity index (χ4v) is 2.71. The SMILES string of the molecule is Cc1cccc(CNS(=O)(=O)c2ccc(CN)cn2)c1. The summed E-state index contributed by atoms with van der Waals surface area (Å²) in [5.74, 6) is 0. The first-order valence-electron chi connectivity index (χ1n) is 6.21. The largest absolute Gasteiger partial charge is 0.326 e. The molecule has 0 saturated heterocycles. The van der Waals surface area contributed by atoms with Crippen LogP contribution in [0.4, 0.5) is 0 Å². The summed E-state index contributed by atoms with van der Waals surface area (Å²) < 4.78 is 26.7. The average Bonchev–Trinajstić information content (AvgIpc) is 2.45. The molecule has 0 atom stereocenters. The quantitative estimate of drug-likeness (QED) is 0.870. The highest BCUT2D eigenvalue weighted by Crippen LogP contribution is 2.09. The van der Waals surface area contributed by atoms with E-state index in [9.17, 15) is 8.42 Å². The van der Waals surface area contributed by atoms with Gasteiger partial charge in [-0.1, -0.05) is 35.9 Å². The first kappa shape index (κ1) is 14.6. The summed E-state index contributed by atoms with van der Waals surface area (Å²) in [6.07, 6.45) is 1.47. The zero-order valence-electron chi connectivity index (χ0n) is 11.2. The third kappa shape index (κ3) is 3.63. The van der Waals surface area contributed by atoms with Gasteiger partial charge in [0.15, 0.2) is 5.03 Å². The predicted octanol–water partition coefficient (Wildman–Crippen LogP) is 1.33. The third-order valence-electron chi connectivity index (χ3n) is 2.86. The maximum atomic E-state index is 12.1. The molecule has 3 N–H and O–H groups in total. The van der Waals surface area contributed by atoms with Crippen molar-refractivity contribution in [3.8, 4) is 0 Å². The van der Waals surface area contributed by atoms with Gasteiger partial charge in [0.25, 0.3) is 10.0 Å². The number of hydrogen-bond acceptors (Lipinski definition) is 4. The molecular formula is C14H17N3O2S. The van der Waals surface area contributed by atoms with Crippen LogP contribution in [0, 0.1) is 6.92 Å². The van der Waals surface area contributed by atoms with E-state index in [4.69, 9.17) is 5.73 Å². The second-order valence-electron chi connectivity index (χ2n) is 4.52. The molecule has 0 spiro atoms. The fourth-order valence-electron chi connectivity index (χ4n) is 1.77. The number of nitrogens with one attached hydrogen (secondary N) is 1. The Hall–Kier alpha value is -1.76. The Morgan fingerprint density at radius 3 is 2.60 bits per heavy atom. The number of aromatic nitrogens is 1. The Kier molecular flexibility index (Phi) is 4.49. The van der Waals surface area contributed by atoms with Gasteiger partial charge in [-0.2, -0.15) is 0 Å². The molecule has 1 aromatic carbocycles. The normalized spacial score (nSPS) is 11.5. The average molecular weight is 291 g/mol. The van der Waals surface area contributed by atoms with Crippen molar-refractivity contribution in [3.63, 3.8) is 0 Å². The first-order chi connectivity index (χ1) is 9.51. The Morgan fingerprint density at radius 1 is 1.20 bits per heavy atom. The lowest BCUT2D eigenvalue weighted by molar-refractivity contribution is 0.577. The monoisotopic (exact) mass is 291 g/mol. The summed E-state index contributed by atoms with van der Waals surface area (Å²) >= 11 is 0. The third-order valence-corrected chi connectivity index (χ3v) is 4.17. The van der Waals surface area contributed by atoms with Crippen molar-refractivity contribution in [1.29, 1.82) is 0 Å². The summed E-state index contributed by atoms with van der Waals surface area (Å²) in [5, 5.41) is 0.00218. The molecule has 106 valence electrons. The molecule has 1 aromatic heterocycles. The van der Waals surface area contributed by atoms with Crippen LogP contribution in [0.2, 0.25) is 0 Å². The second kappa shape index (κ2) is 6.13. The van der Waals surface area contributed by atoms with Crippen LogP contribution in [-0.2, 0) is 23.1 Å². The van der Waals surface area contributed by atoms with E-state index >= 15 is 0 Å². The van der Waals surface area contributed by atoms with Gasteiger partial charge in [-0.3, -0.25) is 0 Å². The lowest BCUT2D eigenvalue weighted by Crippen LogP contribution is -2.24. The zero-order valence-corrected chi connectivity index (χ0v) is 12.0. The molecule has 0 aliphatic carbocycles. The van der Waals surface area contributed by atoms with Crippen LogP contribution in [0.5, 0.6) is 0 Å². The van der Waals surface area contributed by atoms with Gasteiger partial charge >= 0.3 is 0 Å². The molecule has 0 aliphatic heterocycles. The zero-order chi connectivity index (χ0) is 14.6. The predicted molar refractivity (Wildman–Crippen MR) is 77.3 cm³/mol. The van der Waals surface area contributed by atoms with E-state index in [0.29, 0.717) is 6.54 Å². The Balaban J connectivity index is 2.10. The van der Waals surface area contributed by atoms with Gasteiger partial charge in [-0.25, -0.2) is 18.1 Å². The van der Waals surface area contributed by atoms with Crippen molar-refractivity contribution in [1.82, 2.24) is 9.71 Å². The lowest BCUT2D eigenvalue weighted by Gasteiger charge is -2.07. The number of hydrogen-bond donors (Lipinski definition) is 2. The molecule has 6 heteroatoms. The van der Waals surface area contributed by atoms with E-state index < -0.39 is 10.0 Å². The molecule has 0 radical (unpaired) electrons. The minimum absolute atomic E-state index is 0.00218. The molecule has 20 heavy (non-hydrogen) atoms. The number of pyridine rings is 1. The van der Waals surface area contributed by atoms with Crippen molar-refractivity contribution >= 4 is 10.0 Å². The van der Waals surface area contributed by atoms with Gasteiger partial charge in [-0.05, 0) is 24.1 Å².